The highest BCUT2D eigenvalue weighted by Gasteiger charge is 2.39. The minimum absolute atomic E-state index is 0.196. The Kier molecular flexibility index (Phi) is 15.6. The molecular formula is C29H75N29O. The van der Waals surface area contributed by atoms with Crippen LogP contribution in [-0.2, 0) is 4.74 Å². The first-order chi connectivity index (χ1) is 28.0. The summed E-state index contributed by atoms with van der Waals surface area (Å²) in [6, 6.07) is 0. The van der Waals surface area contributed by atoms with E-state index in [2.05, 4.69) is 190 Å². The predicted molar refractivity (Wildman–Crippen MR) is 219 cm³/mol. The molecule has 7 aliphatic heterocycles. The monoisotopic (exact) mass is 846 g/mol. The fraction of sp³-hybridized carbons (Fsp3) is 1.00. The Morgan fingerprint density at radius 2 is 0.559 bits per heavy atom. The van der Waals surface area contributed by atoms with Gasteiger partial charge in [0.2, 0.25) is 0 Å². The van der Waals surface area contributed by atoms with Crippen LogP contribution in [0, 0.1) is 0 Å². The molecule has 7 fully saturated rings. The Bertz CT molecular complexity index is 1290. The third-order valence-corrected chi connectivity index (χ3v) is 9.96. The van der Waals surface area contributed by atoms with Gasteiger partial charge < -0.3 is 10.5 Å². The van der Waals surface area contributed by atoms with E-state index in [1.807, 2.05) is 14.1 Å². The van der Waals surface area contributed by atoms with Gasteiger partial charge in [-0.25, -0.2) is 0 Å². The average Bonchev–Trinajstić information content (AvgIpc) is 3.12. The standard InChI is InChI=1S/C29H75N29O/c1-28(2,3)57-25-51-19-40-13-33-10(30)34-14(39-13)41-23-50-24(56-27(55-23)59-9)49-22-48-21(53-26(54-22)58-29(4,5)6)46-18-38-12(32-8)36-16(44-18)42-15-35-11(31-7)37-17(43-15)45-20(47-19)52-25/h10-27,31-58H,30H2,1-9H3. The number of hydrogen-bond donors (Lipinski definition) is 29. The molecule has 0 saturated carbocycles. The summed E-state index contributed by atoms with van der Waals surface area (Å²) in [6.45, 7) is 12.7. The summed E-state index contributed by atoms with van der Waals surface area (Å²) in [5.74, 6) is 0. The average molecular weight is 846 g/mol. The summed E-state index contributed by atoms with van der Waals surface area (Å²) in [4.78, 5) is 0. The van der Waals surface area contributed by atoms with Gasteiger partial charge in [0.25, 0.3) is 0 Å². The van der Waals surface area contributed by atoms with Gasteiger partial charge in [-0.2, -0.15) is 0 Å². The van der Waals surface area contributed by atoms with E-state index >= 15 is 0 Å². The van der Waals surface area contributed by atoms with E-state index in [0.29, 0.717) is 0 Å². The van der Waals surface area contributed by atoms with E-state index in [9.17, 15) is 0 Å². The highest BCUT2D eigenvalue weighted by molar-refractivity contribution is 4.93. The van der Waals surface area contributed by atoms with Crippen LogP contribution in [0.4, 0.5) is 0 Å². The van der Waals surface area contributed by atoms with Crippen molar-refractivity contribution >= 4 is 0 Å². The van der Waals surface area contributed by atoms with E-state index in [4.69, 9.17) is 10.5 Å². The largest absolute Gasteiger partial charge is 0.353 e. The van der Waals surface area contributed by atoms with Gasteiger partial charge in [-0.3, -0.25) is 149 Å². The maximum Gasteiger partial charge on any atom is 0.167 e. The van der Waals surface area contributed by atoms with E-state index in [0.717, 1.165) is 0 Å². The topological polar surface area (TPSA) is 372 Å². The predicted octanol–water partition coefficient (Wildman–Crippen LogP) is -12.8. The van der Waals surface area contributed by atoms with Crippen LogP contribution in [0.5, 0.6) is 0 Å². The second kappa shape index (κ2) is 20.1. The Balaban J connectivity index is 1.14. The lowest BCUT2D eigenvalue weighted by Gasteiger charge is -2.49. The molecule has 0 aromatic rings. The quantitative estimate of drug-likeness (QED) is 0.122. The Hall–Kier alpha value is -1.20. The van der Waals surface area contributed by atoms with Crippen LogP contribution in [-0.4, -0.2) is 146 Å². The van der Waals surface area contributed by atoms with Crippen molar-refractivity contribution in [3.05, 3.63) is 0 Å². The minimum Gasteiger partial charge on any atom is -0.353 e. The zero-order chi connectivity index (χ0) is 41.9. The molecule has 0 aromatic carbocycles. The molecule has 0 spiro atoms. The van der Waals surface area contributed by atoms with Crippen molar-refractivity contribution in [2.24, 2.45) is 5.73 Å². The number of nitrogens with two attached hydrogens (primary N) is 1. The van der Waals surface area contributed by atoms with Crippen LogP contribution >= 0.6 is 0 Å². The number of fused-ring (bicyclic) bond motifs is 12. The molecular weight excluding hydrogens is 771 g/mol. The van der Waals surface area contributed by atoms with Crippen LogP contribution in [0.1, 0.15) is 41.5 Å². The normalized spacial score (nSPS) is 45.9. The van der Waals surface area contributed by atoms with Crippen molar-refractivity contribution in [3.8, 4) is 0 Å². The van der Waals surface area contributed by atoms with Gasteiger partial charge in [-0.15, -0.1) is 0 Å². The first-order valence-corrected chi connectivity index (χ1v) is 20.5. The van der Waals surface area contributed by atoms with E-state index in [1.165, 1.54) is 0 Å². The number of nitrogens with one attached hydrogen (secondary N) is 28. The molecule has 0 amide bonds. The molecule has 30 heteroatoms. The lowest BCUT2D eigenvalue weighted by atomic mass is 10.1. The Labute approximate surface area is 346 Å². The van der Waals surface area contributed by atoms with Gasteiger partial charge in [0.1, 0.15) is 107 Å². The lowest BCUT2D eigenvalue weighted by molar-refractivity contribution is -0.0368. The first kappa shape index (κ1) is 45.8. The molecule has 12 bridgehead atoms. The number of hydrogen-bond acceptors (Lipinski definition) is 30. The van der Waals surface area contributed by atoms with E-state index in [-0.39, 0.29) is 74.0 Å². The van der Waals surface area contributed by atoms with Gasteiger partial charge in [0.15, 0.2) is 6.35 Å². The second-order valence-electron chi connectivity index (χ2n) is 17.4. The fourth-order valence-electron chi connectivity index (χ4n) is 7.52. The maximum absolute atomic E-state index is 6.50. The zero-order valence-electron chi connectivity index (χ0n) is 35.4. The molecule has 0 aliphatic carbocycles. The molecule has 30 nitrogen and oxygen atoms in total. The maximum atomic E-state index is 6.50. The SMILES string of the molecule is CNC1NC2NC3NC(NC)NC(N3)NC3NC(NC4NC(NC5NC(N)NC(N5)NC5NC(NC(N1)N2)NC(NC(C)(C)C)N5)NC(OC)N4)NC(NC(C)(C)C)N3. The molecule has 59 heavy (non-hydrogen) atoms. The molecule has 7 rings (SSSR count). The van der Waals surface area contributed by atoms with Crippen LogP contribution in [0.25, 0.3) is 0 Å². The summed E-state index contributed by atoms with van der Waals surface area (Å²) >= 11 is 0. The van der Waals surface area contributed by atoms with Crippen molar-refractivity contribution in [2.75, 3.05) is 21.2 Å². The molecule has 0 radical (unpaired) electrons. The minimum atomic E-state index is -0.551. The third-order valence-electron chi connectivity index (χ3n) is 9.96. The smallest absolute Gasteiger partial charge is 0.167 e. The van der Waals surface area contributed by atoms with Crippen LogP contribution < -0.4 is 155 Å². The van der Waals surface area contributed by atoms with Crippen molar-refractivity contribution in [3.63, 3.8) is 0 Å². The number of methoxy groups -OCH3 is 1. The summed E-state index contributed by atoms with van der Waals surface area (Å²) in [5, 5.41) is 98.9. The fourth-order valence-corrected chi connectivity index (χ4v) is 7.52. The van der Waals surface area contributed by atoms with Crippen LogP contribution in [0.3, 0.4) is 0 Å². The van der Waals surface area contributed by atoms with E-state index in [1.54, 1.807) is 7.11 Å². The molecule has 18 atom stereocenters. The third kappa shape index (κ3) is 13.9. The summed E-state index contributed by atoms with van der Waals surface area (Å²) in [5.41, 5.74) is 6.10. The summed E-state index contributed by atoms with van der Waals surface area (Å²) < 4.78 is 5.75. The van der Waals surface area contributed by atoms with Crippen molar-refractivity contribution in [1.29, 1.82) is 0 Å². The molecule has 342 valence electrons. The molecule has 0 aromatic heterocycles. The van der Waals surface area contributed by atoms with Gasteiger partial charge >= 0.3 is 0 Å². The zero-order valence-corrected chi connectivity index (χ0v) is 35.4. The first-order valence-electron chi connectivity index (χ1n) is 20.5. The lowest BCUT2D eigenvalue weighted by Crippen LogP contribution is -2.87. The highest BCUT2D eigenvalue weighted by atomic mass is 16.5. The van der Waals surface area contributed by atoms with Crippen molar-refractivity contribution in [1.82, 2.24) is 149 Å². The highest BCUT2D eigenvalue weighted by Crippen LogP contribution is 2.05. The van der Waals surface area contributed by atoms with Crippen molar-refractivity contribution < 1.29 is 4.74 Å². The van der Waals surface area contributed by atoms with Gasteiger partial charge in [0, 0.05) is 18.2 Å². The van der Waals surface area contributed by atoms with E-state index < -0.39 is 50.4 Å². The molecule has 18 unspecified atom stereocenters. The van der Waals surface area contributed by atoms with Gasteiger partial charge in [0.05, 0.1) is 0 Å². The second-order valence-corrected chi connectivity index (χ2v) is 17.4. The molecule has 7 saturated heterocycles. The molecule has 30 N–H and O–H groups in total. The van der Waals surface area contributed by atoms with Gasteiger partial charge in [-0.05, 0) is 55.6 Å². The number of rotatable bonds is 5. The van der Waals surface area contributed by atoms with Crippen LogP contribution in [0.2, 0.25) is 0 Å². The van der Waals surface area contributed by atoms with Crippen LogP contribution in [0.15, 0.2) is 0 Å². The van der Waals surface area contributed by atoms with Crippen molar-refractivity contribution in [2.45, 2.75) is 166 Å². The summed E-state index contributed by atoms with van der Waals surface area (Å²) in [6.07, 6.45) is -6.88. The molecule has 7 heterocycles. The Morgan fingerprint density at radius 3 is 0.780 bits per heavy atom. The number of ether oxygens (including phenoxy) is 1. The van der Waals surface area contributed by atoms with Gasteiger partial charge in [-0.1, -0.05) is 0 Å². The molecule has 7 aliphatic rings. The Morgan fingerprint density at radius 1 is 0.339 bits per heavy atom. The summed E-state index contributed by atoms with van der Waals surface area (Å²) in [7, 11) is 5.43.